The van der Waals surface area contributed by atoms with Gasteiger partial charge in [0, 0.05) is 16.7 Å². The van der Waals surface area contributed by atoms with Crippen LogP contribution < -0.4 is 0 Å². The average Bonchev–Trinajstić information content (AvgIpc) is 2.45. The van der Waals surface area contributed by atoms with Gasteiger partial charge in [-0.05, 0) is 36.1 Å². The number of carbonyl (C=O) groups is 1. The number of benzene rings is 2. The summed E-state index contributed by atoms with van der Waals surface area (Å²) in [5.74, 6) is 6.28. The molecule has 1 nitrogen and oxygen atoms in total. The van der Waals surface area contributed by atoms with Crippen LogP contribution >= 0.6 is 0 Å². The van der Waals surface area contributed by atoms with Gasteiger partial charge >= 0.3 is 0 Å². The third-order valence-electron chi connectivity index (χ3n) is 3.40. The van der Waals surface area contributed by atoms with E-state index in [9.17, 15) is 4.79 Å². The zero-order valence-electron chi connectivity index (χ0n) is 13.0. The zero-order chi connectivity index (χ0) is 15.5. The fourth-order valence-electron chi connectivity index (χ4n) is 2.09. The Balaban J connectivity index is 2.30. The van der Waals surface area contributed by atoms with E-state index in [2.05, 4.69) is 44.7 Å². The standard InChI is InChI=1S/C20H20O/c1-15(21)19-8-6-5-7-17(19)12-9-16-10-13-18(14-11-16)20(2,3)4/h5-8,10-11,13-14H,1-4H3. The molecule has 0 spiro atoms. The van der Waals surface area contributed by atoms with Gasteiger partial charge in [-0.2, -0.15) is 0 Å². The highest BCUT2D eigenvalue weighted by molar-refractivity contribution is 5.96. The second kappa shape index (κ2) is 5.97. The summed E-state index contributed by atoms with van der Waals surface area (Å²) in [6.45, 7) is 8.14. The zero-order valence-corrected chi connectivity index (χ0v) is 13.0. The predicted octanol–water partition coefficient (Wildman–Crippen LogP) is 4.59. The third kappa shape index (κ3) is 3.83. The molecule has 1 heteroatoms. The number of hydrogen-bond acceptors (Lipinski definition) is 1. The van der Waals surface area contributed by atoms with Gasteiger partial charge < -0.3 is 0 Å². The van der Waals surface area contributed by atoms with Gasteiger partial charge in [0.1, 0.15) is 0 Å². The Morgan fingerprint density at radius 1 is 0.905 bits per heavy atom. The van der Waals surface area contributed by atoms with Gasteiger partial charge in [-0.1, -0.05) is 62.9 Å². The molecule has 106 valence electrons. The van der Waals surface area contributed by atoms with Crippen LogP contribution in [-0.4, -0.2) is 5.78 Å². The van der Waals surface area contributed by atoms with E-state index in [-0.39, 0.29) is 11.2 Å². The highest BCUT2D eigenvalue weighted by Gasteiger charge is 2.12. The lowest BCUT2D eigenvalue weighted by atomic mass is 9.87. The molecule has 0 saturated carbocycles. The van der Waals surface area contributed by atoms with E-state index in [0.29, 0.717) is 5.56 Å². The van der Waals surface area contributed by atoms with Crippen molar-refractivity contribution in [1.29, 1.82) is 0 Å². The lowest BCUT2D eigenvalue weighted by Gasteiger charge is -2.18. The minimum Gasteiger partial charge on any atom is -0.294 e. The summed E-state index contributed by atoms with van der Waals surface area (Å²) in [6, 6.07) is 15.7. The topological polar surface area (TPSA) is 17.1 Å². The van der Waals surface area contributed by atoms with Crippen LogP contribution in [0.15, 0.2) is 48.5 Å². The lowest BCUT2D eigenvalue weighted by molar-refractivity contribution is 0.101. The minimum atomic E-state index is 0.0444. The summed E-state index contributed by atoms with van der Waals surface area (Å²) in [5, 5.41) is 0. The van der Waals surface area contributed by atoms with Crippen molar-refractivity contribution in [2.75, 3.05) is 0 Å². The van der Waals surface area contributed by atoms with Crippen molar-refractivity contribution in [2.24, 2.45) is 0 Å². The van der Waals surface area contributed by atoms with Crippen molar-refractivity contribution < 1.29 is 4.79 Å². The first-order valence-corrected chi connectivity index (χ1v) is 7.10. The summed E-state index contributed by atoms with van der Waals surface area (Å²) in [5.41, 5.74) is 3.85. The Morgan fingerprint density at radius 3 is 2.10 bits per heavy atom. The number of hydrogen-bond donors (Lipinski definition) is 0. The van der Waals surface area contributed by atoms with Crippen molar-refractivity contribution in [3.8, 4) is 11.8 Å². The molecule has 21 heavy (non-hydrogen) atoms. The Morgan fingerprint density at radius 2 is 1.52 bits per heavy atom. The second-order valence-corrected chi connectivity index (χ2v) is 6.18. The molecule has 2 rings (SSSR count). The third-order valence-corrected chi connectivity index (χ3v) is 3.40. The first-order chi connectivity index (χ1) is 9.88. The molecule has 0 fully saturated rings. The average molecular weight is 276 g/mol. The van der Waals surface area contributed by atoms with E-state index in [4.69, 9.17) is 0 Å². The van der Waals surface area contributed by atoms with Crippen molar-refractivity contribution >= 4 is 5.78 Å². The van der Waals surface area contributed by atoms with Crippen LogP contribution in [0.5, 0.6) is 0 Å². The highest BCUT2D eigenvalue weighted by Crippen LogP contribution is 2.22. The maximum atomic E-state index is 11.6. The summed E-state index contributed by atoms with van der Waals surface area (Å²) in [4.78, 5) is 11.6. The van der Waals surface area contributed by atoms with Crippen LogP contribution in [0.3, 0.4) is 0 Å². The van der Waals surface area contributed by atoms with Gasteiger partial charge in [0.05, 0.1) is 0 Å². The number of rotatable bonds is 1. The molecular formula is C20H20O. The van der Waals surface area contributed by atoms with E-state index in [0.717, 1.165) is 11.1 Å². The van der Waals surface area contributed by atoms with Crippen LogP contribution in [0.1, 0.15) is 54.7 Å². The van der Waals surface area contributed by atoms with Crippen LogP contribution in [0, 0.1) is 11.8 Å². The number of carbonyl (C=O) groups excluding carboxylic acids is 1. The molecule has 0 aliphatic heterocycles. The Hall–Kier alpha value is -2.33. The molecule has 0 radical (unpaired) electrons. The fourth-order valence-corrected chi connectivity index (χ4v) is 2.09. The molecule has 0 saturated heterocycles. The second-order valence-electron chi connectivity index (χ2n) is 6.18. The van der Waals surface area contributed by atoms with Gasteiger partial charge in [0.15, 0.2) is 5.78 Å². The molecule has 0 N–H and O–H groups in total. The van der Waals surface area contributed by atoms with Crippen molar-refractivity contribution in [3.05, 3.63) is 70.8 Å². The maximum absolute atomic E-state index is 11.6. The molecule has 0 atom stereocenters. The van der Waals surface area contributed by atoms with E-state index < -0.39 is 0 Å². The largest absolute Gasteiger partial charge is 0.294 e. The van der Waals surface area contributed by atoms with Crippen molar-refractivity contribution in [2.45, 2.75) is 33.1 Å². The van der Waals surface area contributed by atoms with Gasteiger partial charge in [-0.15, -0.1) is 0 Å². The molecule has 0 aliphatic rings. The van der Waals surface area contributed by atoms with E-state index in [1.165, 1.54) is 5.56 Å². The molecule has 0 bridgehead atoms. The summed E-state index contributed by atoms with van der Waals surface area (Å²) in [7, 11) is 0. The number of ketones is 1. The van der Waals surface area contributed by atoms with Gasteiger partial charge in [0.25, 0.3) is 0 Å². The van der Waals surface area contributed by atoms with Crippen molar-refractivity contribution in [1.82, 2.24) is 0 Å². The van der Waals surface area contributed by atoms with Crippen molar-refractivity contribution in [3.63, 3.8) is 0 Å². The lowest BCUT2D eigenvalue weighted by Crippen LogP contribution is -2.10. The number of Topliss-reactive ketones (excluding diaryl/α,β-unsaturated/α-hetero) is 1. The summed E-state index contributed by atoms with van der Waals surface area (Å²) >= 11 is 0. The molecule has 0 aliphatic carbocycles. The first-order valence-electron chi connectivity index (χ1n) is 7.10. The monoisotopic (exact) mass is 276 g/mol. The molecule has 0 aromatic heterocycles. The van der Waals surface area contributed by atoms with Crippen LogP contribution in [-0.2, 0) is 5.41 Å². The van der Waals surface area contributed by atoms with E-state index >= 15 is 0 Å². The molecule has 2 aromatic rings. The molecule has 2 aromatic carbocycles. The molecular weight excluding hydrogens is 256 g/mol. The first kappa shape index (κ1) is 15.1. The summed E-state index contributed by atoms with van der Waals surface area (Å²) in [6.07, 6.45) is 0. The smallest absolute Gasteiger partial charge is 0.161 e. The fraction of sp³-hybridized carbons (Fsp3) is 0.250. The van der Waals surface area contributed by atoms with Gasteiger partial charge in [0.2, 0.25) is 0 Å². The maximum Gasteiger partial charge on any atom is 0.161 e. The van der Waals surface area contributed by atoms with Crippen LogP contribution in [0.2, 0.25) is 0 Å². The van der Waals surface area contributed by atoms with E-state index in [1.54, 1.807) is 6.92 Å². The Labute approximate surface area is 127 Å². The SMILES string of the molecule is CC(=O)c1ccccc1C#Cc1ccc(C(C)(C)C)cc1. The molecule has 0 heterocycles. The van der Waals surface area contributed by atoms with Crippen LogP contribution in [0.4, 0.5) is 0 Å². The van der Waals surface area contributed by atoms with Crippen LogP contribution in [0.25, 0.3) is 0 Å². The molecule has 0 unspecified atom stereocenters. The van der Waals surface area contributed by atoms with Gasteiger partial charge in [-0.3, -0.25) is 4.79 Å². The highest BCUT2D eigenvalue weighted by atomic mass is 16.1. The minimum absolute atomic E-state index is 0.0444. The predicted molar refractivity (Wildman–Crippen MR) is 87.6 cm³/mol. The summed E-state index contributed by atoms with van der Waals surface area (Å²) < 4.78 is 0. The van der Waals surface area contributed by atoms with Gasteiger partial charge in [-0.25, -0.2) is 0 Å². The molecule has 0 amide bonds. The Kier molecular flexibility index (Phi) is 4.29. The Bertz CT molecular complexity index is 704. The van der Waals surface area contributed by atoms with E-state index in [1.807, 2.05) is 36.4 Å². The quantitative estimate of drug-likeness (QED) is 0.550. The normalized spacial score (nSPS) is 10.7.